The van der Waals surface area contributed by atoms with Gasteiger partial charge in [-0.2, -0.15) is 0 Å². The van der Waals surface area contributed by atoms with Crippen molar-refractivity contribution in [2.24, 2.45) is 5.16 Å². The van der Waals surface area contributed by atoms with Crippen molar-refractivity contribution in [1.29, 1.82) is 0 Å². The fraction of sp³-hybridized carbons (Fsp3) is 0.190. The molecule has 148 valence electrons. The third kappa shape index (κ3) is 4.93. The first kappa shape index (κ1) is 19.4. The second kappa shape index (κ2) is 8.63. The first-order valence-corrected chi connectivity index (χ1v) is 10.3. The number of carbonyl (C=O) groups excluding carboxylic acids is 1. The molecule has 0 aliphatic carbocycles. The van der Waals surface area contributed by atoms with E-state index in [1.54, 1.807) is 18.3 Å². The van der Waals surface area contributed by atoms with E-state index < -0.39 is 0 Å². The molecule has 0 spiro atoms. The lowest BCUT2D eigenvalue weighted by molar-refractivity contribution is 0.0755. The maximum atomic E-state index is 12.1. The lowest BCUT2D eigenvalue weighted by Crippen LogP contribution is -2.31. The van der Waals surface area contributed by atoms with Crippen LogP contribution in [-0.4, -0.2) is 29.3 Å². The van der Waals surface area contributed by atoms with Gasteiger partial charge >= 0.3 is 0 Å². The predicted molar refractivity (Wildman–Crippen MR) is 116 cm³/mol. The Labute approximate surface area is 177 Å². The number of rotatable bonds is 6. The van der Waals surface area contributed by atoms with Crippen LogP contribution in [0.2, 0.25) is 4.34 Å². The molecule has 4 rings (SSSR count). The number of hydrogen-bond acceptors (Lipinski definition) is 6. The van der Waals surface area contributed by atoms with E-state index in [0.717, 1.165) is 28.3 Å². The Hall–Kier alpha value is -2.90. The number of pyridine rings is 1. The molecule has 2 aromatic heterocycles. The highest BCUT2D eigenvalue weighted by molar-refractivity contribution is 7.18. The summed E-state index contributed by atoms with van der Waals surface area (Å²) in [5.74, 6) is -0.152. The van der Waals surface area contributed by atoms with Gasteiger partial charge in [0, 0.05) is 29.7 Å². The Balaban J connectivity index is 1.30. The zero-order valence-corrected chi connectivity index (χ0v) is 17.3. The molecule has 6 nitrogen and oxygen atoms in total. The number of thiophene rings is 1. The van der Waals surface area contributed by atoms with Gasteiger partial charge in [-0.15, -0.1) is 11.3 Å². The summed E-state index contributed by atoms with van der Waals surface area (Å²) in [6, 6.07) is 15.4. The van der Waals surface area contributed by atoms with Crippen LogP contribution < -0.4 is 10.6 Å². The van der Waals surface area contributed by atoms with Crippen LogP contribution in [0.3, 0.4) is 0 Å². The standard InChI is InChI=1S/C21H19ClN4O2S/c1-13-10-16(8-9-23-13)25-15-4-2-14(3-5-15)18-11-17(28-26-18)12-24-21(27)19-6-7-20(22)29-19/h2-10,17H,11-12H2,1H3,(H,23,25)(H,24,27). The highest BCUT2D eigenvalue weighted by Gasteiger charge is 2.23. The highest BCUT2D eigenvalue weighted by Crippen LogP contribution is 2.22. The molecule has 1 aliphatic heterocycles. The molecule has 1 aromatic carbocycles. The summed E-state index contributed by atoms with van der Waals surface area (Å²) in [4.78, 5) is 22.4. The summed E-state index contributed by atoms with van der Waals surface area (Å²) in [7, 11) is 0. The number of nitrogens with zero attached hydrogens (tertiary/aromatic N) is 2. The van der Waals surface area contributed by atoms with Crippen molar-refractivity contribution < 1.29 is 9.63 Å². The number of aryl methyl sites for hydroxylation is 1. The van der Waals surface area contributed by atoms with Gasteiger partial charge in [0.15, 0.2) is 0 Å². The number of benzene rings is 1. The largest absolute Gasteiger partial charge is 0.390 e. The summed E-state index contributed by atoms with van der Waals surface area (Å²) in [5, 5.41) is 10.4. The molecule has 0 saturated heterocycles. The minimum atomic E-state index is -0.179. The monoisotopic (exact) mass is 426 g/mol. The van der Waals surface area contributed by atoms with Crippen LogP contribution in [0.5, 0.6) is 0 Å². The number of oxime groups is 1. The SMILES string of the molecule is Cc1cc(Nc2ccc(C3=NOC(CNC(=O)c4ccc(Cl)s4)C3)cc2)ccn1. The van der Waals surface area contributed by atoms with Gasteiger partial charge in [-0.05, 0) is 48.9 Å². The van der Waals surface area contributed by atoms with E-state index in [1.807, 2.05) is 43.3 Å². The zero-order valence-electron chi connectivity index (χ0n) is 15.7. The Bertz CT molecular complexity index is 1050. The van der Waals surface area contributed by atoms with Crippen molar-refractivity contribution in [1.82, 2.24) is 10.3 Å². The van der Waals surface area contributed by atoms with E-state index in [9.17, 15) is 4.79 Å². The minimum Gasteiger partial charge on any atom is -0.390 e. The normalized spacial score (nSPS) is 15.5. The maximum absolute atomic E-state index is 12.1. The zero-order chi connectivity index (χ0) is 20.2. The number of aromatic nitrogens is 1. The van der Waals surface area contributed by atoms with Crippen LogP contribution in [0.25, 0.3) is 0 Å². The number of nitrogens with one attached hydrogen (secondary N) is 2. The second-order valence-corrected chi connectivity index (χ2v) is 8.39. The average molecular weight is 427 g/mol. The molecule has 0 saturated carbocycles. The molecule has 1 amide bonds. The third-order valence-corrected chi connectivity index (χ3v) is 5.65. The quantitative estimate of drug-likeness (QED) is 0.595. The Morgan fingerprint density at radius 3 is 2.76 bits per heavy atom. The fourth-order valence-electron chi connectivity index (χ4n) is 2.97. The number of carbonyl (C=O) groups is 1. The smallest absolute Gasteiger partial charge is 0.261 e. The van der Waals surface area contributed by atoms with Crippen molar-refractivity contribution >= 4 is 45.9 Å². The fourth-order valence-corrected chi connectivity index (χ4v) is 3.93. The van der Waals surface area contributed by atoms with Crippen molar-refractivity contribution in [2.45, 2.75) is 19.4 Å². The van der Waals surface area contributed by atoms with E-state index in [1.165, 1.54) is 11.3 Å². The molecule has 1 unspecified atom stereocenters. The first-order chi connectivity index (χ1) is 14.1. The van der Waals surface area contributed by atoms with E-state index in [4.69, 9.17) is 16.4 Å². The van der Waals surface area contributed by atoms with Crippen molar-refractivity contribution in [3.05, 3.63) is 75.2 Å². The first-order valence-electron chi connectivity index (χ1n) is 9.13. The highest BCUT2D eigenvalue weighted by atomic mass is 35.5. The molecule has 3 heterocycles. The van der Waals surface area contributed by atoms with E-state index >= 15 is 0 Å². The molecule has 29 heavy (non-hydrogen) atoms. The number of halogens is 1. The molecule has 0 radical (unpaired) electrons. The van der Waals surface area contributed by atoms with Gasteiger partial charge in [-0.3, -0.25) is 9.78 Å². The van der Waals surface area contributed by atoms with Gasteiger partial charge in [0.1, 0.15) is 6.10 Å². The second-order valence-electron chi connectivity index (χ2n) is 6.67. The maximum Gasteiger partial charge on any atom is 0.261 e. The summed E-state index contributed by atoms with van der Waals surface area (Å²) >= 11 is 7.12. The number of amides is 1. The Morgan fingerprint density at radius 1 is 1.21 bits per heavy atom. The van der Waals surface area contributed by atoms with Crippen molar-refractivity contribution in [3.8, 4) is 0 Å². The summed E-state index contributed by atoms with van der Waals surface area (Å²) in [6.45, 7) is 2.35. The van der Waals surface area contributed by atoms with Crippen LogP contribution in [0, 0.1) is 6.92 Å². The lowest BCUT2D eigenvalue weighted by Gasteiger charge is -2.09. The molecule has 2 N–H and O–H groups in total. The van der Waals surface area contributed by atoms with Crippen LogP contribution in [0.4, 0.5) is 11.4 Å². The topological polar surface area (TPSA) is 75.6 Å². The van der Waals surface area contributed by atoms with Crippen molar-refractivity contribution in [2.75, 3.05) is 11.9 Å². The molecular formula is C21H19ClN4O2S. The van der Waals surface area contributed by atoms with E-state index in [-0.39, 0.29) is 12.0 Å². The van der Waals surface area contributed by atoms with Gasteiger partial charge in [0.25, 0.3) is 5.91 Å². The van der Waals surface area contributed by atoms with Gasteiger partial charge in [0.2, 0.25) is 0 Å². The number of anilines is 2. The lowest BCUT2D eigenvalue weighted by atomic mass is 10.0. The Morgan fingerprint density at radius 2 is 2.03 bits per heavy atom. The van der Waals surface area contributed by atoms with Gasteiger partial charge in [0.05, 0.1) is 21.5 Å². The summed E-state index contributed by atoms with van der Waals surface area (Å²) in [6.07, 6.45) is 2.24. The molecule has 1 atom stereocenters. The molecular weight excluding hydrogens is 408 g/mol. The van der Waals surface area contributed by atoms with E-state index in [2.05, 4.69) is 20.8 Å². The molecule has 3 aromatic rings. The Kier molecular flexibility index (Phi) is 5.78. The van der Waals surface area contributed by atoms with Gasteiger partial charge in [-0.1, -0.05) is 28.9 Å². The number of hydrogen-bond donors (Lipinski definition) is 2. The molecule has 0 fully saturated rings. The van der Waals surface area contributed by atoms with Crippen molar-refractivity contribution in [3.63, 3.8) is 0 Å². The van der Waals surface area contributed by atoms with Crippen LogP contribution in [-0.2, 0) is 4.84 Å². The summed E-state index contributed by atoms with van der Waals surface area (Å²) in [5.41, 5.74) is 4.81. The molecule has 0 bridgehead atoms. The van der Waals surface area contributed by atoms with Crippen LogP contribution in [0.15, 0.2) is 59.9 Å². The van der Waals surface area contributed by atoms with E-state index in [0.29, 0.717) is 22.2 Å². The van der Waals surface area contributed by atoms with Gasteiger partial charge in [-0.25, -0.2) is 0 Å². The summed E-state index contributed by atoms with van der Waals surface area (Å²) < 4.78 is 0.592. The van der Waals surface area contributed by atoms with Crippen LogP contribution >= 0.6 is 22.9 Å². The molecule has 8 heteroatoms. The van der Waals surface area contributed by atoms with Gasteiger partial charge < -0.3 is 15.5 Å². The third-order valence-electron chi connectivity index (χ3n) is 4.42. The van der Waals surface area contributed by atoms with Crippen LogP contribution in [0.1, 0.15) is 27.3 Å². The predicted octanol–water partition coefficient (Wildman–Crippen LogP) is 4.77. The minimum absolute atomic E-state index is 0.152. The average Bonchev–Trinajstić information content (AvgIpc) is 3.36. The molecule has 1 aliphatic rings.